The maximum absolute atomic E-state index is 6.03. The Kier molecular flexibility index (Phi) is 5.62. The molecule has 0 unspecified atom stereocenters. The van der Waals surface area contributed by atoms with E-state index in [1.165, 1.54) is 12.8 Å². The molecular formula is C15H19ClN4. The van der Waals surface area contributed by atoms with Crippen LogP contribution in [0.25, 0.3) is 0 Å². The van der Waals surface area contributed by atoms with E-state index in [4.69, 9.17) is 11.6 Å². The highest BCUT2D eigenvalue weighted by atomic mass is 35.5. The van der Waals surface area contributed by atoms with Crippen molar-refractivity contribution in [2.45, 2.75) is 26.2 Å². The molecule has 0 fully saturated rings. The van der Waals surface area contributed by atoms with Crippen LogP contribution in [-0.4, -0.2) is 16.5 Å². The minimum absolute atomic E-state index is 0.427. The molecule has 5 heteroatoms. The second kappa shape index (κ2) is 7.70. The number of halogens is 1. The Balaban J connectivity index is 2.01. The number of anilines is 3. The third kappa shape index (κ3) is 4.70. The monoisotopic (exact) mass is 290 g/mol. The summed E-state index contributed by atoms with van der Waals surface area (Å²) in [5, 5.41) is 6.84. The largest absolute Gasteiger partial charge is 0.354 e. The Bertz CT molecular complexity index is 531. The first-order valence-corrected chi connectivity index (χ1v) is 7.26. The molecule has 1 aromatic carbocycles. The zero-order valence-corrected chi connectivity index (χ0v) is 12.3. The lowest BCUT2D eigenvalue weighted by Gasteiger charge is -2.09. The molecule has 0 radical (unpaired) electrons. The molecule has 2 aromatic rings. The SMILES string of the molecule is CCCCCNc1nc(Cl)cc(Nc2ccccc2)n1. The number of benzene rings is 1. The van der Waals surface area contributed by atoms with E-state index in [2.05, 4.69) is 27.5 Å². The van der Waals surface area contributed by atoms with Crippen LogP contribution in [0.15, 0.2) is 36.4 Å². The number of hydrogen-bond acceptors (Lipinski definition) is 4. The van der Waals surface area contributed by atoms with Gasteiger partial charge in [0.1, 0.15) is 11.0 Å². The van der Waals surface area contributed by atoms with Gasteiger partial charge >= 0.3 is 0 Å². The van der Waals surface area contributed by atoms with Crippen LogP contribution in [0.2, 0.25) is 5.15 Å². The molecular weight excluding hydrogens is 272 g/mol. The Morgan fingerprint density at radius 1 is 1.10 bits per heavy atom. The fourth-order valence-electron chi connectivity index (χ4n) is 1.81. The average molecular weight is 291 g/mol. The van der Waals surface area contributed by atoms with Gasteiger partial charge in [0, 0.05) is 18.3 Å². The number of unbranched alkanes of at least 4 members (excludes halogenated alkanes) is 2. The summed E-state index contributed by atoms with van der Waals surface area (Å²) in [7, 11) is 0. The van der Waals surface area contributed by atoms with Crippen LogP contribution in [0.5, 0.6) is 0 Å². The van der Waals surface area contributed by atoms with E-state index in [0.717, 1.165) is 18.7 Å². The Morgan fingerprint density at radius 3 is 2.65 bits per heavy atom. The van der Waals surface area contributed by atoms with Gasteiger partial charge in [-0.15, -0.1) is 0 Å². The molecule has 0 aliphatic heterocycles. The molecule has 0 amide bonds. The summed E-state index contributed by atoms with van der Waals surface area (Å²) in [6, 6.07) is 11.6. The first kappa shape index (κ1) is 14.6. The number of rotatable bonds is 7. The molecule has 1 aromatic heterocycles. The summed E-state index contributed by atoms with van der Waals surface area (Å²) in [5.41, 5.74) is 0.971. The summed E-state index contributed by atoms with van der Waals surface area (Å²) in [4.78, 5) is 8.59. The van der Waals surface area contributed by atoms with Gasteiger partial charge in [-0.05, 0) is 18.6 Å². The third-order valence-corrected chi connectivity index (χ3v) is 3.00. The van der Waals surface area contributed by atoms with Crippen molar-refractivity contribution in [3.8, 4) is 0 Å². The van der Waals surface area contributed by atoms with Gasteiger partial charge in [0.15, 0.2) is 0 Å². The average Bonchev–Trinajstić information content (AvgIpc) is 2.44. The molecule has 0 saturated heterocycles. The number of nitrogens with one attached hydrogen (secondary N) is 2. The van der Waals surface area contributed by atoms with Crippen LogP contribution >= 0.6 is 11.6 Å². The summed E-state index contributed by atoms with van der Waals surface area (Å²) in [6.45, 7) is 3.04. The third-order valence-electron chi connectivity index (χ3n) is 2.80. The first-order valence-electron chi connectivity index (χ1n) is 6.88. The maximum atomic E-state index is 6.03. The van der Waals surface area contributed by atoms with Crippen LogP contribution in [0.3, 0.4) is 0 Å². The molecule has 4 nitrogen and oxygen atoms in total. The van der Waals surface area contributed by atoms with Crippen molar-refractivity contribution in [1.29, 1.82) is 0 Å². The smallest absolute Gasteiger partial charge is 0.226 e. The van der Waals surface area contributed by atoms with Crippen LogP contribution < -0.4 is 10.6 Å². The lowest BCUT2D eigenvalue weighted by Crippen LogP contribution is -2.06. The molecule has 0 atom stereocenters. The van der Waals surface area contributed by atoms with Crippen molar-refractivity contribution in [3.05, 3.63) is 41.6 Å². The summed E-state index contributed by atoms with van der Waals surface area (Å²) in [5.74, 6) is 1.25. The van der Waals surface area contributed by atoms with Gasteiger partial charge in [-0.25, -0.2) is 4.98 Å². The van der Waals surface area contributed by atoms with Gasteiger partial charge in [-0.3, -0.25) is 0 Å². The lowest BCUT2D eigenvalue weighted by molar-refractivity contribution is 0.740. The predicted octanol–water partition coefficient (Wildman–Crippen LogP) is 4.48. The van der Waals surface area contributed by atoms with E-state index in [0.29, 0.717) is 16.9 Å². The van der Waals surface area contributed by atoms with Crippen molar-refractivity contribution in [1.82, 2.24) is 9.97 Å². The van der Waals surface area contributed by atoms with Crippen LogP contribution in [0.1, 0.15) is 26.2 Å². The van der Waals surface area contributed by atoms with Crippen LogP contribution in [-0.2, 0) is 0 Å². The summed E-state index contributed by atoms with van der Waals surface area (Å²) in [6.07, 6.45) is 3.50. The second-order valence-corrected chi connectivity index (χ2v) is 4.91. The van der Waals surface area contributed by atoms with Crippen molar-refractivity contribution in [3.63, 3.8) is 0 Å². The van der Waals surface area contributed by atoms with E-state index in [1.807, 2.05) is 30.3 Å². The standard InChI is InChI=1S/C15H19ClN4/c1-2-3-7-10-17-15-19-13(16)11-14(20-15)18-12-8-5-4-6-9-12/h4-6,8-9,11H,2-3,7,10H2,1H3,(H2,17,18,19,20). The minimum atomic E-state index is 0.427. The zero-order valence-electron chi connectivity index (χ0n) is 11.6. The van der Waals surface area contributed by atoms with Crippen molar-refractivity contribution in [2.75, 3.05) is 17.2 Å². The number of nitrogens with zero attached hydrogens (tertiary/aromatic N) is 2. The minimum Gasteiger partial charge on any atom is -0.354 e. The number of para-hydroxylation sites is 1. The van der Waals surface area contributed by atoms with Crippen LogP contribution in [0.4, 0.5) is 17.5 Å². The van der Waals surface area contributed by atoms with E-state index in [1.54, 1.807) is 6.07 Å². The highest BCUT2D eigenvalue weighted by Crippen LogP contribution is 2.18. The van der Waals surface area contributed by atoms with Gasteiger partial charge in [-0.1, -0.05) is 49.6 Å². The zero-order chi connectivity index (χ0) is 14.2. The quantitative estimate of drug-likeness (QED) is 0.583. The fraction of sp³-hybridized carbons (Fsp3) is 0.333. The van der Waals surface area contributed by atoms with Crippen molar-refractivity contribution in [2.24, 2.45) is 0 Å². The van der Waals surface area contributed by atoms with Gasteiger partial charge in [0.05, 0.1) is 0 Å². The highest BCUT2D eigenvalue weighted by molar-refractivity contribution is 6.29. The Morgan fingerprint density at radius 2 is 1.90 bits per heavy atom. The normalized spacial score (nSPS) is 10.3. The lowest BCUT2D eigenvalue weighted by atomic mass is 10.2. The molecule has 0 aliphatic rings. The summed E-state index contributed by atoms with van der Waals surface area (Å²) < 4.78 is 0. The molecule has 2 N–H and O–H groups in total. The van der Waals surface area contributed by atoms with Gasteiger partial charge < -0.3 is 10.6 Å². The molecule has 106 valence electrons. The maximum Gasteiger partial charge on any atom is 0.226 e. The van der Waals surface area contributed by atoms with Crippen LogP contribution in [0, 0.1) is 0 Å². The topological polar surface area (TPSA) is 49.8 Å². The molecule has 0 saturated carbocycles. The first-order chi connectivity index (χ1) is 9.78. The Hall–Kier alpha value is -1.81. The van der Waals surface area contributed by atoms with Gasteiger partial charge in [-0.2, -0.15) is 4.98 Å². The van der Waals surface area contributed by atoms with E-state index in [9.17, 15) is 0 Å². The van der Waals surface area contributed by atoms with E-state index >= 15 is 0 Å². The predicted molar refractivity (Wildman–Crippen MR) is 84.8 cm³/mol. The molecule has 1 heterocycles. The highest BCUT2D eigenvalue weighted by Gasteiger charge is 2.03. The molecule has 0 spiro atoms. The van der Waals surface area contributed by atoms with E-state index in [-0.39, 0.29) is 0 Å². The molecule has 20 heavy (non-hydrogen) atoms. The molecule has 2 rings (SSSR count). The van der Waals surface area contributed by atoms with Gasteiger partial charge in [0.2, 0.25) is 5.95 Å². The molecule has 0 aliphatic carbocycles. The van der Waals surface area contributed by atoms with Crippen molar-refractivity contribution < 1.29 is 0 Å². The molecule has 0 bridgehead atoms. The Labute approximate surface area is 124 Å². The summed E-state index contributed by atoms with van der Waals surface area (Å²) >= 11 is 6.03. The number of hydrogen-bond donors (Lipinski definition) is 2. The second-order valence-electron chi connectivity index (χ2n) is 4.52. The van der Waals surface area contributed by atoms with Gasteiger partial charge in [0.25, 0.3) is 0 Å². The fourth-order valence-corrected chi connectivity index (χ4v) is 1.99. The van der Waals surface area contributed by atoms with Crippen molar-refractivity contribution >= 4 is 29.1 Å². The van der Waals surface area contributed by atoms with E-state index < -0.39 is 0 Å². The number of aromatic nitrogens is 2.